The fourth-order valence-electron chi connectivity index (χ4n) is 2.57. The average Bonchev–Trinajstić information content (AvgIpc) is 3.44. The fraction of sp³-hybridized carbons (Fsp3) is 0.250. The zero-order valence-electron chi connectivity index (χ0n) is 14.2. The van der Waals surface area contributed by atoms with Gasteiger partial charge in [0.25, 0.3) is 5.91 Å². The van der Waals surface area contributed by atoms with E-state index in [4.69, 9.17) is 5.11 Å². The molecule has 0 heterocycles. The van der Waals surface area contributed by atoms with Gasteiger partial charge in [0.15, 0.2) is 0 Å². The minimum atomic E-state index is -0.977. The van der Waals surface area contributed by atoms with Crippen LogP contribution < -0.4 is 10.6 Å². The summed E-state index contributed by atoms with van der Waals surface area (Å²) >= 11 is 0. The van der Waals surface area contributed by atoms with Crippen molar-refractivity contribution in [3.8, 4) is 0 Å². The number of carboxylic acid groups (broad SMARTS) is 1. The lowest BCUT2D eigenvalue weighted by Crippen LogP contribution is -2.27. The summed E-state index contributed by atoms with van der Waals surface area (Å²) < 4.78 is 0. The molecule has 134 valence electrons. The van der Waals surface area contributed by atoms with E-state index in [1.165, 1.54) is 12.1 Å². The van der Waals surface area contributed by atoms with E-state index in [1.807, 2.05) is 0 Å². The van der Waals surface area contributed by atoms with Crippen LogP contribution in [0.4, 0.5) is 5.69 Å². The number of carbonyl (C=O) groups is 3. The number of hydrogen-bond acceptors (Lipinski definition) is 3. The van der Waals surface area contributed by atoms with Crippen molar-refractivity contribution in [2.45, 2.75) is 31.7 Å². The molecule has 3 rings (SSSR count). The molecule has 1 aliphatic rings. The number of carboxylic acids is 1. The van der Waals surface area contributed by atoms with Gasteiger partial charge in [0.1, 0.15) is 0 Å². The number of rotatable bonds is 7. The van der Waals surface area contributed by atoms with Crippen molar-refractivity contribution >= 4 is 23.5 Å². The summed E-state index contributed by atoms with van der Waals surface area (Å²) in [5.41, 5.74) is 2.05. The highest BCUT2D eigenvalue weighted by Gasteiger charge is 2.24. The van der Waals surface area contributed by atoms with Crippen molar-refractivity contribution < 1.29 is 19.5 Å². The highest BCUT2D eigenvalue weighted by Crippen LogP contribution is 2.21. The number of nitrogens with one attached hydrogen (secondary N) is 2. The van der Waals surface area contributed by atoms with Crippen molar-refractivity contribution in [2.75, 3.05) is 5.32 Å². The Balaban J connectivity index is 1.57. The molecule has 0 unspecified atom stereocenters. The predicted molar refractivity (Wildman–Crippen MR) is 97.3 cm³/mol. The Labute approximate surface area is 151 Å². The van der Waals surface area contributed by atoms with Crippen molar-refractivity contribution in [1.29, 1.82) is 0 Å². The van der Waals surface area contributed by atoms with Crippen LogP contribution in [-0.4, -0.2) is 28.9 Å². The molecule has 2 aromatic rings. The van der Waals surface area contributed by atoms with Gasteiger partial charge >= 0.3 is 5.97 Å². The minimum Gasteiger partial charge on any atom is -0.478 e. The number of amides is 2. The van der Waals surface area contributed by atoms with Crippen LogP contribution in [-0.2, 0) is 11.2 Å². The van der Waals surface area contributed by atoms with Crippen molar-refractivity contribution in [3.05, 3.63) is 65.2 Å². The molecule has 26 heavy (non-hydrogen) atoms. The lowest BCUT2D eigenvalue weighted by molar-refractivity contribution is -0.116. The summed E-state index contributed by atoms with van der Waals surface area (Å²) in [6, 6.07) is 13.6. The van der Waals surface area contributed by atoms with Crippen LogP contribution in [0.1, 0.15) is 45.5 Å². The Kier molecular flexibility index (Phi) is 5.31. The number of carbonyl (C=O) groups excluding carboxylic acids is 2. The largest absolute Gasteiger partial charge is 0.478 e. The monoisotopic (exact) mass is 352 g/mol. The number of benzene rings is 2. The van der Waals surface area contributed by atoms with E-state index in [-0.39, 0.29) is 29.8 Å². The molecule has 0 aromatic heterocycles. The summed E-state index contributed by atoms with van der Waals surface area (Å²) in [6.07, 6.45) is 2.73. The second kappa shape index (κ2) is 7.82. The molecule has 0 spiro atoms. The van der Waals surface area contributed by atoms with Crippen LogP contribution >= 0.6 is 0 Å². The number of para-hydroxylation sites is 1. The van der Waals surface area contributed by atoms with Gasteiger partial charge in [-0.2, -0.15) is 0 Å². The fourth-order valence-corrected chi connectivity index (χ4v) is 2.57. The zero-order chi connectivity index (χ0) is 18.5. The third kappa shape index (κ3) is 4.69. The van der Waals surface area contributed by atoms with E-state index in [0.717, 1.165) is 18.4 Å². The molecular formula is C20H20N2O4. The van der Waals surface area contributed by atoms with Gasteiger partial charge in [-0.15, -0.1) is 0 Å². The Morgan fingerprint density at radius 2 is 1.69 bits per heavy atom. The van der Waals surface area contributed by atoms with Gasteiger partial charge in [-0.3, -0.25) is 9.59 Å². The Bertz CT molecular complexity index is 826. The first kappa shape index (κ1) is 17.7. The van der Waals surface area contributed by atoms with Gasteiger partial charge in [-0.25, -0.2) is 4.79 Å². The molecule has 0 atom stereocenters. The molecule has 0 aliphatic heterocycles. The number of hydrogen-bond donors (Lipinski definition) is 3. The molecule has 2 aromatic carbocycles. The van der Waals surface area contributed by atoms with Crippen LogP contribution in [0.3, 0.4) is 0 Å². The number of anilines is 1. The molecule has 1 saturated carbocycles. The van der Waals surface area contributed by atoms with Gasteiger partial charge in [-0.05, 0) is 49.1 Å². The molecule has 0 saturated heterocycles. The second-order valence-corrected chi connectivity index (χ2v) is 6.34. The number of aryl methyl sites for hydroxylation is 1. The molecule has 1 fully saturated rings. The summed E-state index contributed by atoms with van der Waals surface area (Å²) in [6.45, 7) is 0. The molecular weight excluding hydrogens is 332 g/mol. The molecule has 2 amide bonds. The zero-order valence-corrected chi connectivity index (χ0v) is 14.2. The molecule has 1 aliphatic carbocycles. The molecule has 6 heteroatoms. The van der Waals surface area contributed by atoms with Crippen LogP contribution in [0.2, 0.25) is 0 Å². The third-order valence-electron chi connectivity index (χ3n) is 4.20. The summed E-state index contributed by atoms with van der Waals surface area (Å²) in [4.78, 5) is 35.3. The van der Waals surface area contributed by atoms with E-state index >= 15 is 0 Å². The van der Waals surface area contributed by atoms with Crippen LogP contribution in [0.25, 0.3) is 0 Å². The normalized spacial score (nSPS) is 13.1. The summed E-state index contributed by atoms with van der Waals surface area (Å²) in [5, 5.41) is 14.6. The maximum absolute atomic E-state index is 12.3. The van der Waals surface area contributed by atoms with Crippen molar-refractivity contribution in [3.63, 3.8) is 0 Å². The second-order valence-electron chi connectivity index (χ2n) is 6.34. The van der Waals surface area contributed by atoms with Crippen LogP contribution in [0.5, 0.6) is 0 Å². The third-order valence-corrected chi connectivity index (χ3v) is 4.20. The van der Waals surface area contributed by atoms with E-state index in [2.05, 4.69) is 10.6 Å². The Morgan fingerprint density at radius 1 is 1.00 bits per heavy atom. The van der Waals surface area contributed by atoms with E-state index in [9.17, 15) is 14.4 Å². The molecule has 6 nitrogen and oxygen atoms in total. The predicted octanol–water partition coefficient (Wildman–Crippen LogP) is 2.85. The SMILES string of the molecule is O=C(CCc1ccc(C(=O)O)cc1)Nc1ccccc1C(=O)NC1CC1. The van der Waals surface area contributed by atoms with E-state index in [0.29, 0.717) is 17.7 Å². The quantitative estimate of drug-likeness (QED) is 0.714. The van der Waals surface area contributed by atoms with Crippen molar-refractivity contribution in [1.82, 2.24) is 5.32 Å². The summed E-state index contributed by atoms with van der Waals surface area (Å²) in [5.74, 6) is -1.35. The first-order valence-electron chi connectivity index (χ1n) is 8.55. The maximum atomic E-state index is 12.3. The number of aromatic carboxylic acids is 1. The standard InChI is InChI=1S/C20H20N2O4/c23-18(12-7-13-5-8-14(9-6-13)20(25)26)22-17-4-2-1-3-16(17)19(24)21-15-10-11-15/h1-6,8-9,15H,7,10-12H2,(H,21,24)(H,22,23)(H,25,26). The molecule has 0 radical (unpaired) electrons. The van der Waals surface area contributed by atoms with Crippen LogP contribution in [0, 0.1) is 0 Å². The highest BCUT2D eigenvalue weighted by molar-refractivity contribution is 6.04. The maximum Gasteiger partial charge on any atom is 0.335 e. The van der Waals surface area contributed by atoms with E-state index < -0.39 is 5.97 Å². The smallest absolute Gasteiger partial charge is 0.335 e. The van der Waals surface area contributed by atoms with Gasteiger partial charge in [0.05, 0.1) is 16.8 Å². The van der Waals surface area contributed by atoms with Gasteiger partial charge < -0.3 is 15.7 Å². The minimum absolute atomic E-state index is 0.173. The van der Waals surface area contributed by atoms with Crippen molar-refractivity contribution in [2.24, 2.45) is 0 Å². The lowest BCUT2D eigenvalue weighted by atomic mass is 10.1. The Hall–Kier alpha value is -3.15. The Morgan fingerprint density at radius 3 is 2.35 bits per heavy atom. The van der Waals surface area contributed by atoms with Gasteiger partial charge in [0, 0.05) is 12.5 Å². The average molecular weight is 352 g/mol. The highest BCUT2D eigenvalue weighted by atomic mass is 16.4. The van der Waals surface area contributed by atoms with Gasteiger partial charge in [0.2, 0.25) is 5.91 Å². The first-order chi connectivity index (χ1) is 12.5. The summed E-state index contributed by atoms with van der Waals surface area (Å²) in [7, 11) is 0. The first-order valence-corrected chi connectivity index (χ1v) is 8.55. The van der Waals surface area contributed by atoms with E-state index in [1.54, 1.807) is 36.4 Å². The molecule has 0 bridgehead atoms. The lowest BCUT2D eigenvalue weighted by Gasteiger charge is -2.11. The van der Waals surface area contributed by atoms with Gasteiger partial charge in [-0.1, -0.05) is 24.3 Å². The van der Waals surface area contributed by atoms with Crippen LogP contribution in [0.15, 0.2) is 48.5 Å². The topological polar surface area (TPSA) is 95.5 Å². The molecule has 3 N–H and O–H groups in total.